The second-order valence-electron chi connectivity index (χ2n) is 11.8. The number of ether oxygens (including phenoxy) is 6. The molecule has 0 aliphatic heterocycles. The van der Waals surface area contributed by atoms with Gasteiger partial charge in [0.15, 0.2) is 12.2 Å². The lowest BCUT2D eigenvalue weighted by Crippen LogP contribution is -2.75. The molecule has 0 N–H and O–H groups in total. The van der Waals surface area contributed by atoms with E-state index in [4.69, 9.17) is 28.4 Å². The average molecular weight is 613 g/mol. The van der Waals surface area contributed by atoms with Crippen LogP contribution >= 0.6 is 0 Å². The Hall–Kier alpha value is -4.40. The number of benzene rings is 3. The standard InChI is InChI=1S/C37H40O8/c1-24-12-8-9-13-29(24)37(43-7)32(45-34(39)26-17-21-28(41-5)22-18-26)31(44-33(38)25-15-19-27(40-4)20-16-25)36(3,42-6)30-14-10-11-23-35(30,37)2/h8-23,30-32H,1-7H3/t30?,31-,32+,35?,36+,37+/m0/s1. The van der Waals surface area contributed by atoms with Crippen molar-refractivity contribution >= 4 is 11.9 Å². The van der Waals surface area contributed by atoms with Gasteiger partial charge in [-0.05, 0) is 73.5 Å². The van der Waals surface area contributed by atoms with Gasteiger partial charge < -0.3 is 28.4 Å². The average Bonchev–Trinajstić information content (AvgIpc) is 3.07. The summed E-state index contributed by atoms with van der Waals surface area (Å²) in [5.41, 5.74) is -0.980. The van der Waals surface area contributed by atoms with Crippen molar-refractivity contribution in [3.05, 3.63) is 119 Å². The van der Waals surface area contributed by atoms with Gasteiger partial charge in [-0.15, -0.1) is 0 Å². The van der Waals surface area contributed by atoms with Crippen LogP contribution in [-0.4, -0.2) is 58.2 Å². The van der Waals surface area contributed by atoms with E-state index in [9.17, 15) is 9.59 Å². The van der Waals surface area contributed by atoms with Crippen LogP contribution in [0.15, 0.2) is 97.1 Å². The molecule has 0 radical (unpaired) electrons. The highest BCUT2D eigenvalue weighted by Gasteiger charge is 2.73. The van der Waals surface area contributed by atoms with Crippen molar-refractivity contribution in [3.8, 4) is 11.5 Å². The molecule has 2 aliphatic carbocycles. The van der Waals surface area contributed by atoms with Gasteiger partial charge in [0.1, 0.15) is 22.7 Å². The Morgan fingerprint density at radius 2 is 1.20 bits per heavy atom. The SMILES string of the molecule is COc1ccc(C(=O)O[C@@H]2[C@H](OC(=O)c3ccc(OC)cc3)[C@](C)(OC)C3C=CC=CC3(C)[C@@]2(OC)c2ccccc2C)cc1. The second kappa shape index (κ2) is 12.5. The van der Waals surface area contributed by atoms with Gasteiger partial charge in [0.2, 0.25) is 0 Å². The molecule has 8 heteroatoms. The Morgan fingerprint density at radius 3 is 1.69 bits per heavy atom. The van der Waals surface area contributed by atoms with Crippen LogP contribution in [0.5, 0.6) is 11.5 Å². The summed E-state index contributed by atoms with van der Waals surface area (Å²) in [6.45, 7) is 5.94. The van der Waals surface area contributed by atoms with Crippen LogP contribution in [0, 0.1) is 18.3 Å². The molecule has 8 nitrogen and oxygen atoms in total. The molecule has 0 heterocycles. The Kier molecular flexibility index (Phi) is 8.92. The quantitative estimate of drug-likeness (QED) is 0.254. The lowest BCUT2D eigenvalue weighted by molar-refractivity contribution is -0.294. The van der Waals surface area contributed by atoms with Crippen LogP contribution in [0.4, 0.5) is 0 Å². The highest BCUT2D eigenvalue weighted by molar-refractivity contribution is 5.91. The lowest BCUT2D eigenvalue weighted by atomic mass is 9.48. The minimum Gasteiger partial charge on any atom is -0.497 e. The predicted molar refractivity (Wildman–Crippen MR) is 170 cm³/mol. The zero-order chi connectivity index (χ0) is 32.4. The highest BCUT2D eigenvalue weighted by Crippen LogP contribution is 2.63. The fourth-order valence-electron chi connectivity index (χ4n) is 7.14. The third-order valence-electron chi connectivity index (χ3n) is 9.59. The molecular formula is C37H40O8. The molecule has 0 bridgehead atoms. The van der Waals surface area contributed by atoms with Gasteiger partial charge in [0, 0.05) is 25.6 Å². The maximum atomic E-state index is 14.0. The molecule has 3 aromatic carbocycles. The summed E-state index contributed by atoms with van der Waals surface area (Å²) in [5, 5.41) is 0. The molecule has 6 atom stereocenters. The Labute approximate surface area is 264 Å². The summed E-state index contributed by atoms with van der Waals surface area (Å²) in [4.78, 5) is 27.9. The van der Waals surface area contributed by atoms with E-state index in [2.05, 4.69) is 13.0 Å². The van der Waals surface area contributed by atoms with Crippen LogP contribution < -0.4 is 9.47 Å². The van der Waals surface area contributed by atoms with E-state index in [1.165, 1.54) is 0 Å². The summed E-state index contributed by atoms with van der Waals surface area (Å²) < 4.78 is 36.4. The topological polar surface area (TPSA) is 89.5 Å². The zero-order valence-electron chi connectivity index (χ0n) is 26.7. The Balaban J connectivity index is 1.73. The minimum atomic E-state index is -1.32. The summed E-state index contributed by atoms with van der Waals surface area (Å²) in [7, 11) is 6.30. The van der Waals surface area contributed by atoms with E-state index in [0.717, 1.165) is 11.1 Å². The largest absolute Gasteiger partial charge is 0.497 e. The van der Waals surface area contributed by atoms with Gasteiger partial charge in [-0.1, -0.05) is 55.5 Å². The first kappa shape index (κ1) is 32.0. The number of hydrogen-bond acceptors (Lipinski definition) is 8. The molecule has 236 valence electrons. The van der Waals surface area contributed by atoms with Crippen LogP contribution in [0.1, 0.15) is 45.7 Å². The van der Waals surface area contributed by atoms with E-state index in [-0.39, 0.29) is 5.92 Å². The number of rotatable bonds is 9. The number of carbonyl (C=O) groups is 2. The van der Waals surface area contributed by atoms with Gasteiger partial charge in [-0.25, -0.2) is 9.59 Å². The monoisotopic (exact) mass is 612 g/mol. The van der Waals surface area contributed by atoms with Crippen molar-refractivity contribution in [1.29, 1.82) is 0 Å². The van der Waals surface area contributed by atoms with E-state index < -0.39 is 40.8 Å². The van der Waals surface area contributed by atoms with Crippen LogP contribution in [0.25, 0.3) is 0 Å². The molecule has 45 heavy (non-hydrogen) atoms. The number of methoxy groups -OCH3 is 4. The lowest BCUT2D eigenvalue weighted by Gasteiger charge is -2.64. The van der Waals surface area contributed by atoms with Crippen molar-refractivity contribution in [2.24, 2.45) is 11.3 Å². The zero-order valence-corrected chi connectivity index (χ0v) is 26.7. The van der Waals surface area contributed by atoms with Crippen LogP contribution in [0.2, 0.25) is 0 Å². The first-order chi connectivity index (χ1) is 21.6. The molecule has 3 aromatic rings. The normalized spacial score (nSPS) is 28.6. The number of allylic oxidation sites excluding steroid dienone is 2. The van der Waals surface area contributed by atoms with Crippen molar-refractivity contribution in [2.45, 2.75) is 44.2 Å². The first-order valence-corrected chi connectivity index (χ1v) is 14.8. The van der Waals surface area contributed by atoms with Gasteiger partial charge >= 0.3 is 11.9 Å². The maximum absolute atomic E-state index is 14.0. The third kappa shape index (κ3) is 5.22. The summed E-state index contributed by atoms with van der Waals surface area (Å²) in [5.74, 6) is -0.388. The highest BCUT2D eigenvalue weighted by atomic mass is 16.6. The number of aryl methyl sites for hydroxylation is 1. The third-order valence-corrected chi connectivity index (χ3v) is 9.59. The van der Waals surface area contributed by atoms with Crippen molar-refractivity contribution in [3.63, 3.8) is 0 Å². The van der Waals surface area contributed by atoms with Gasteiger partial charge in [0.25, 0.3) is 0 Å². The van der Waals surface area contributed by atoms with Crippen LogP contribution in [0.3, 0.4) is 0 Å². The fourth-order valence-corrected chi connectivity index (χ4v) is 7.14. The molecule has 2 aliphatic rings. The molecule has 5 rings (SSSR count). The van der Waals surface area contributed by atoms with Crippen LogP contribution in [-0.2, 0) is 24.5 Å². The van der Waals surface area contributed by atoms with E-state index >= 15 is 0 Å². The molecular weight excluding hydrogens is 572 g/mol. The fraction of sp³-hybridized carbons (Fsp3) is 0.351. The van der Waals surface area contributed by atoms with Crippen molar-refractivity contribution < 1.29 is 38.0 Å². The summed E-state index contributed by atoms with van der Waals surface area (Å²) >= 11 is 0. The van der Waals surface area contributed by atoms with Gasteiger partial charge in [-0.3, -0.25) is 0 Å². The number of carbonyl (C=O) groups excluding carboxylic acids is 2. The predicted octanol–water partition coefficient (Wildman–Crippen LogP) is 6.47. The summed E-state index contributed by atoms with van der Waals surface area (Å²) in [6.07, 6.45) is 5.75. The Bertz CT molecular complexity index is 1590. The molecule has 0 saturated heterocycles. The minimum absolute atomic E-state index is 0.302. The number of esters is 2. The Morgan fingerprint density at radius 1 is 0.667 bits per heavy atom. The molecule has 1 saturated carbocycles. The van der Waals surface area contributed by atoms with Gasteiger partial charge in [-0.2, -0.15) is 0 Å². The summed E-state index contributed by atoms with van der Waals surface area (Å²) in [6, 6.07) is 21.1. The molecule has 0 aromatic heterocycles. The number of fused-ring (bicyclic) bond motifs is 1. The molecule has 1 fully saturated rings. The van der Waals surface area contributed by atoms with E-state index in [1.807, 2.05) is 56.3 Å². The first-order valence-electron chi connectivity index (χ1n) is 14.8. The van der Waals surface area contributed by atoms with Crippen molar-refractivity contribution in [2.75, 3.05) is 28.4 Å². The molecule has 0 spiro atoms. The van der Waals surface area contributed by atoms with Crippen molar-refractivity contribution in [1.82, 2.24) is 0 Å². The van der Waals surface area contributed by atoms with E-state index in [0.29, 0.717) is 22.6 Å². The molecule has 2 unspecified atom stereocenters. The molecule has 0 amide bonds. The smallest absolute Gasteiger partial charge is 0.338 e. The van der Waals surface area contributed by atoms with E-state index in [1.54, 1.807) is 77.0 Å². The maximum Gasteiger partial charge on any atom is 0.338 e. The van der Waals surface area contributed by atoms with Gasteiger partial charge in [0.05, 0.1) is 25.3 Å². The number of hydrogen-bond donors (Lipinski definition) is 0. The second-order valence-corrected chi connectivity index (χ2v) is 11.8.